The van der Waals surface area contributed by atoms with Crippen molar-refractivity contribution in [3.63, 3.8) is 0 Å². The summed E-state index contributed by atoms with van der Waals surface area (Å²) in [7, 11) is 0. The molecule has 1 aliphatic carbocycles. The molecule has 1 fully saturated rings. The fourth-order valence-electron chi connectivity index (χ4n) is 7.39. The van der Waals surface area contributed by atoms with Crippen LogP contribution in [0.3, 0.4) is 0 Å². The van der Waals surface area contributed by atoms with Gasteiger partial charge in [-0.25, -0.2) is 14.3 Å². The van der Waals surface area contributed by atoms with Crippen LogP contribution in [0.5, 0.6) is 0 Å². The van der Waals surface area contributed by atoms with Crippen LogP contribution in [0.1, 0.15) is 138 Å². The van der Waals surface area contributed by atoms with E-state index in [0.717, 1.165) is 50.5 Å². The third kappa shape index (κ3) is 17.4. The van der Waals surface area contributed by atoms with Crippen LogP contribution >= 0.6 is 0 Å². The fraction of sp³-hybridized carbons (Fsp3) is 0.660. The standard InChI is InChI=1S/C47H73N5O7/c1-10-11-24-49-42(55)23-22-35(32(2)3)27-40(53)38(26-34-20-16-13-17-21-34)50-44(57)39(29-37-30-48-31-52(37)45(58)59-47(7,8)9)51-43(56)36(28-41(54)46(4,5)6)25-33-18-14-12-15-19-33/h12,14-15,18-19,22-23,30-32,34-36,38-40,53H,10-11,13,16-17,20-21,24-29H2,1-9H3,(H,49,55)(H,50,57)(H,51,56)/t35-,36+,38-,39-,40-/m0/s1. The van der Waals surface area contributed by atoms with Gasteiger partial charge in [0, 0.05) is 36.9 Å². The number of nitrogens with one attached hydrogen (secondary N) is 3. The number of Topliss-reactive ketones (excluding diaryl/α,β-unsaturated/α-hetero) is 1. The lowest BCUT2D eigenvalue weighted by molar-refractivity contribution is -0.135. The monoisotopic (exact) mass is 820 g/mol. The van der Waals surface area contributed by atoms with Gasteiger partial charge in [0.25, 0.3) is 0 Å². The van der Waals surface area contributed by atoms with Crippen LogP contribution in [-0.4, -0.2) is 74.6 Å². The second-order valence-corrected chi connectivity index (χ2v) is 18.8. The molecule has 1 aromatic carbocycles. The highest BCUT2D eigenvalue weighted by molar-refractivity contribution is 5.93. The highest BCUT2D eigenvalue weighted by atomic mass is 16.6. The minimum absolute atomic E-state index is 0.0296. The second-order valence-electron chi connectivity index (χ2n) is 18.8. The Hall–Kier alpha value is -4.32. The van der Waals surface area contributed by atoms with Gasteiger partial charge in [0.05, 0.1) is 17.8 Å². The third-order valence-electron chi connectivity index (χ3n) is 11.1. The molecule has 1 saturated carbocycles. The number of rotatable bonds is 21. The van der Waals surface area contributed by atoms with Crippen molar-refractivity contribution < 1.29 is 33.8 Å². The first-order valence-corrected chi connectivity index (χ1v) is 21.8. The molecule has 0 saturated heterocycles. The summed E-state index contributed by atoms with van der Waals surface area (Å²) in [5.41, 5.74) is -0.257. The first-order valence-electron chi connectivity index (χ1n) is 21.8. The lowest BCUT2D eigenvalue weighted by Gasteiger charge is -2.33. The van der Waals surface area contributed by atoms with Crippen LogP contribution in [0, 0.1) is 29.1 Å². The summed E-state index contributed by atoms with van der Waals surface area (Å²) in [6, 6.07) is 7.60. The van der Waals surface area contributed by atoms with Gasteiger partial charge in [-0.15, -0.1) is 0 Å². The van der Waals surface area contributed by atoms with Crippen LogP contribution in [0.25, 0.3) is 0 Å². The van der Waals surface area contributed by atoms with Crippen molar-refractivity contribution in [3.05, 3.63) is 66.3 Å². The molecule has 3 rings (SSSR count). The number of ketones is 1. The van der Waals surface area contributed by atoms with Crippen LogP contribution in [0.4, 0.5) is 4.79 Å². The molecule has 12 nitrogen and oxygen atoms in total. The molecule has 5 atom stereocenters. The van der Waals surface area contributed by atoms with Crippen molar-refractivity contribution >= 4 is 29.6 Å². The number of allylic oxidation sites excluding steroid dienone is 1. The quantitative estimate of drug-likeness (QED) is 0.0742. The summed E-state index contributed by atoms with van der Waals surface area (Å²) >= 11 is 0. The van der Waals surface area contributed by atoms with Crippen molar-refractivity contribution in [2.24, 2.45) is 29.1 Å². The van der Waals surface area contributed by atoms with E-state index < -0.39 is 53.0 Å². The van der Waals surface area contributed by atoms with E-state index >= 15 is 0 Å². The number of nitrogens with zero attached hydrogens (tertiary/aromatic N) is 2. The molecule has 59 heavy (non-hydrogen) atoms. The molecule has 1 aromatic heterocycles. The maximum Gasteiger partial charge on any atom is 0.420 e. The number of ether oxygens (including phenoxy) is 1. The maximum atomic E-state index is 14.7. The molecule has 0 aliphatic heterocycles. The number of carbonyl (C=O) groups is 5. The van der Waals surface area contributed by atoms with Crippen molar-refractivity contribution in [3.8, 4) is 0 Å². The number of imidazole rings is 1. The topological polar surface area (TPSA) is 169 Å². The number of amides is 3. The fourth-order valence-corrected chi connectivity index (χ4v) is 7.39. The third-order valence-corrected chi connectivity index (χ3v) is 11.1. The molecule has 12 heteroatoms. The maximum absolute atomic E-state index is 14.7. The molecule has 0 radical (unpaired) electrons. The van der Waals surface area contributed by atoms with Gasteiger partial charge in [-0.05, 0) is 75.8 Å². The van der Waals surface area contributed by atoms with E-state index in [4.69, 9.17) is 4.74 Å². The minimum Gasteiger partial charge on any atom is -0.443 e. The molecule has 0 bridgehead atoms. The Morgan fingerprint density at radius 1 is 0.949 bits per heavy atom. The van der Waals surface area contributed by atoms with E-state index in [0.29, 0.717) is 31.0 Å². The summed E-state index contributed by atoms with van der Waals surface area (Å²) < 4.78 is 6.85. The van der Waals surface area contributed by atoms with Crippen LogP contribution < -0.4 is 16.0 Å². The smallest absolute Gasteiger partial charge is 0.420 e. The number of aliphatic hydroxyl groups is 1. The van der Waals surface area contributed by atoms with Crippen molar-refractivity contribution in [2.45, 2.75) is 163 Å². The number of aliphatic hydroxyl groups excluding tert-OH is 1. The van der Waals surface area contributed by atoms with E-state index in [9.17, 15) is 29.1 Å². The van der Waals surface area contributed by atoms with Crippen molar-refractivity contribution in [1.29, 1.82) is 0 Å². The van der Waals surface area contributed by atoms with Crippen molar-refractivity contribution in [1.82, 2.24) is 25.5 Å². The highest BCUT2D eigenvalue weighted by Crippen LogP contribution is 2.30. The summed E-state index contributed by atoms with van der Waals surface area (Å²) in [5.74, 6) is -1.79. The Morgan fingerprint density at radius 3 is 2.24 bits per heavy atom. The first-order chi connectivity index (χ1) is 27.8. The molecule has 3 amide bonds. The summed E-state index contributed by atoms with van der Waals surface area (Å²) in [4.78, 5) is 72.4. The van der Waals surface area contributed by atoms with E-state index in [-0.39, 0.29) is 42.8 Å². The molecular weight excluding hydrogens is 747 g/mol. The van der Waals surface area contributed by atoms with Gasteiger partial charge >= 0.3 is 6.09 Å². The average Bonchev–Trinajstić information content (AvgIpc) is 3.63. The highest BCUT2D eigenvalue weighted by Gasteiger charge is 2.35. The Balaban J connectivity index is 1.99. The first kappa shape index (κ1) is 49.0. The van der Waals surface area contributed by atoms with Gasteiger partial charge in [0.2, 0.25) is 17.7 Å². The van der Waals surface area contributed by atoms with Crippen LogP contribution in [-0.2, 0) is 36.8 Å². The van der Waals surface area contributed by atoms with Crippen LogP contribution in [0.15, 0.2) is 55.0 Å². The molecular formula is C47H73N5O7. The van der Waals surface area contributed by atoms with Gasteiger partial charge in [-0.3, -0.25) is 19.2 Å². The summed E-state index contributed by atoms with van der Waals surface area (Å²) in [6.45, 7) is 17.5. The van der Waals surface area contributed by atoms with E-state index in [1.54, 1.807) is 20.8 Å². The zero-order valence-corrected chi connectivity index (χ0v) is 37.2. The Labute approximate surface area is 353 Å². The average molecular weight is 820 g/mol. The molecule has 2 aromatic rings. The van der Waals surface area contributed by atoms with Gasteiger partial charge in [-0.1, -0.05) is 116 Å². The number of aromatic nitrogens is 2. The van der Waals surface area contributed by atoms with E-state index in [2.05, 4.69) is 27.9 Å². The zero-order valence-electron chi connectivity index (χ0n) is 37.2. The largest absolute Gasteiger partial charge is 0.443 e. The van der Waals surface area contributed by atoms with E-state index in [1.807, 2.05) is 71.0 Å². The van der Waals surface area contributed by atoms with Crippen molar-refractivity contribution in [2.75, 3.05) is 6.54 Å². The number of benzene rings is 1. The summed E-state index contributed by atoms with van der Waals surface area (Å²) in [6.07, 6.45) is 12.7. The van der Waals surface area contributed by atoms with E-state index in [1.165, 1.54) is 23.2 Å². The Kier molecular flexibility index (Phi) is 19.5. The molecule has 1 aliphatic rings. The van der Waals surface area contributed by atoms with Gasteiger partial charge in [0.15, 0.2) is 0 Å². The normalized spacial score (nSPS) is 16.5. The molecule has 328 valence electrons. The Morgan fingerprint density at radius 2 is 1.63 bits per heavy atom. The number of carbonyl (C=O) groups excluding carboxylic acids is 5. The van der Waals surface area contributed by atoms with Gasteiger partial charge < -0.3 is 25.8 Å². The Bertz CT molecular complexity index is 1670. The number of hydrogen-bond acceptors (Lipinski definition) is 8. The molecule has 0 unspecified atom stereocenters. The SMILES string of the molecule is CCCCNC(=O)C=C[C@@H](C[C@H](O)[C@H](CC1CCCCC1)NC(=O)[C@H](Cc1cncn1C(=O)OC(C)(C)C)NC(=O)[C@@H](CC(=O)C(C)(C)C)Cc1ccccc1)C(C)C. The van der Waals surface area contributed by atoms with Gasteiger partial charge in [0.1, 0.15) is 23.8 Å². The van der Waals surface area contributed by atoms with Crippen LogP contribution in [0.2, 0.25) is 0 Å². The second kappa shape index (κ2) is 23.5. The molecule has 0 spiro atoms. The van der Waals surface area contributed by atoms with Gasteiger partial charge in [-0.2, -0.15) is 0 Å². The lowest BCUT2D eigenvalue weighted by atomic mass is 9.81. The predicted octanol–water partition coefficient (Wildman–Crippen LogP) is 7.51. The molecule has 1 heterocycles. The number of hydrogen-bond donors (Lipinski definition) is 4. The molecule has 4 N–H and O–H groups in total. The minimum atomic E-state index is -1.20. The zero-order chi connectivity index (χ0) is 43.8. The predicted molar refractivity (Wildman–Crippen MR) is 231 cm³/mol. The summed E-state index contributed by atoms with van der Waals surface area (Å²) in [5, 5.41) is 21.0. The lowest BCUT2D eigenvalue weighted by Crippen LogP contribution is -2.55. The number of unbranched alkanes of at least 4 members (excludes halogenated alkanes) is 1.